The van der Waals surface area contributed by atoms with Crippen molar-refractivity contribution in [2.24, 2.45) is 0 Å². The maximum absolute atomic E-state index is 12.6. The minimum absolute atomic E-state index is 0.113. The number of anilines is 1. The van der Waals surface area contributed by atoms with E-state index in [2.05, 4.69) is 37.7 Å². The number of hydrogen-bond acceptors (Lipinski definition) is 8. The van der Waals surface area contributed by atoms with Gasteiger partial charge in [0, 0.05) is 17.7 Å². The monoisotopic (exact) mass is 480 g/mol. The molecule has 3 aromatic rings. The Labute approximate surface area is 191 Å². The van der Waals surface area contributed by atoms with Crippen molar-refractivity contribution in [3.05, 3.63) is 35.9 Å². The van der Waals surface area contributed by atoms with Crippen LogP contribution in [0.15, 0.2) is 35.5 Å². The summed E-state index contributed by atoms with van der Waals surface area (Å²) in [5.41, 5.74) is 1.92. The van der Waals surface area contributed by atoms with Crippen LogP contribution in [0.4, 0.5) is 19.0 Å². The third-order valence-corrected chi connectivity index (χ3v) is 6.97. The van der Waals surface area contributed by atoms with E-state index < -0.39 is 30.8 Å². The predicted octanol–water partition coefficient (Wildman–Crippen LogP) is 3.29. The van der Waals surface area contributed by atoms with Crippen LogP contribution >= 0.6 is 11.8 Å². The number of aromatic nitrogens is 5. The van der Waals surface area contributed by atoms with Gasteiger partial charge in [-0.25, -0.2) is 14.6 Å². The average molecular weight is 481 g/mol. The molecule has 176 valence electrons. The van der Waals surface area contributed by atoms with Gasteiger partial charge in [0.15, 0.2) is 22.1 Å². The van der Waals surface area contributed by atoms with Gasteiger partial charge in [-0.3, -0.25) is 0 Å². The van der Waals surface area contributed by atoms with Crippen LogP contribution in [0.3, 0.4) is 0 Å². The average Bonchev–Trinajstić information content (AvgIpc) is 3.29. The third kappa shape index (κ3) is 4.78. The number of rotatable bonds is 7. The molecule has 0 aliphatic heterocycles. The second-order valence-electron chi connectivity index (χ2n) is 8.48. The lowest BCUT2D eigenvalue weighted by Gasteiger charge is -2.17. The van der Waals surface area contributed by atoms with Crippen LogP contribution in [-0.4, -0.2) is 65.4 Å². The highest BCUT2D eigenvalue weighted by molar-refractivity contribution is 7.99. The van der Waals surface area contributed by atoms with Crippen LogP contribution in [0.1, 0.15) is 43.2 Å². The van der Waals surface area contributed by atoms with Crippen molar-refractivity contribution in [3.8, 4) is 0 Å². The number of alkyl halides is 3. The number of nitrogens with one attached hydrogen (secondary N) is 1. The molecule has 5 rings (SSSR count). The Kier molecular flexibility index (Phi) is 5.91. The van der Waals surface area contributed by atoms with Crippen molar-refractivity contribution in [1.29, 1.82) is 0 Å². The third-order valence-electron chi connectivity index (χ3n) is 6.12. The van der Waals surface area contributed by atoms with Crippen molar-refractivity contribution in [1.82, 2.24) is 25.0 Å². The zero-order chi connectivity index (χ0) is 23.2. The van der Waals surface area contributed by atoms with Crippen molar-refractivity contribution in [3.63, 3.8) is 0 Å². The Balaban J connectivity index is 1.44. The quantitative estimate of drug-likeness (QED) is 0.349. The van der Waals surface area contributed by atoms with Gasteiger partial charge in [0.2, 0.25) is 0 Å². The van der Waals surface area contributed by atoms with Gasteiger partial charge >= 0.3 is 6.18 Å². The first-order valence-electron chi connectivity index (χ1n) is 10.8. The molecule has 0 bridgehead atoms. The molecule has 0 spiro atoms. The summed E-state index contributed by atoms with van der Waals surface area (Å²) in [4.78, 5) is 8.86. The zero-order valence-electron chi connectivity index (χ0n) is 17.5. The largest absolute Gasteiger partial charge is 0.390 e. The van der Waals surface area contributed by atoms with Gasteiger partial charge in [-0.05, 0) is 24.8 Å². The standard InChI is InChI=1S/C21H23F3N6O2S/c22-21(23,24)8-9-33-20-26-18(25-13-10-12(13)11-4-2-1-3-5-11)16-19(27-20)30(29-28-16)14-6-7-15(31)17(14)32/h1-5,12-15,17,31-32H,6-10H2,(H,25,26,27)/t12?,13?,14-,15-,17+/m1/s1. The highest BCUT2D eigenvalue weighted by Crippen LogP contribution is 2.43. The van der Waals surface area contributed by atoms with Crippen LogP contribution in [0.5, 0.6) is 0 Å². The van der Waals surface area contributed by atoms with Crippen molar-refractivity contribution in [2.75, 3.05) is 11.1 Å². The van der Waals surface area contributed by atoms with E-state index in [1.807, 2.05) is 18.2 Å². The predicted molar refractivity (Wildman–Crippen MR) is 116 cm³/mol. The highest BCUT2D eigenvalue weighted by Gasteiger charge is 2.40. The molecule has 0 radical (unpaired) electrons. The van der Waals surface area contributed by atoms with Crippen LogP contribution in [-0.2, 0) is 0 Å². The van der Waals surface area contributed by atoms with Crippen LogP contribution in [0.25, 0.3) is 11.2 Å². The Morgan fingerprint density at radius 2 is 1.91 bits per heavy atom. The van der Waals surface area contributed by atoms with E-state index in [0.717, 1.165) is 18.2 Å². The van der Waals surface area contributed by atoms with Crippen molar-refractivity contribution in [2.45, 2.75) is 67.2 Å². The summed E-state index contributed by atoms with van der Waals surface area (Å²) in [5, 5.41) is 32.2. The van der Waals surface area contributed by atoms with Crippen molar-refractivity contribution >= 4 is 28.7 Å². The molecular weight excluding hydrogens is 457 g/mol. The lowest BCUT2D eigenvalue weighted by Crippen LogP contribution is -2.28. The second-order valence-corrected chi connectivity index (χ2v) is 9.54. The first-order valence-corrected chi connectivity index (χ1v) is 11.8. The second kappa shape index (κ2) is 8.73. The van der Waals surface area contributed by atoms with Crippen LogP contribution in [0.2, 0.25) is 0 Å². The fraction of sp³-hybridized carbons (Fsp3) is 0.524. The summed E-state index contributed by atoms with van der Waals surface area (Å²) in [6, 6.07) is 9.64. The molecule has 0 saturated heterocycles. The Morgan fingerprint density at radius 1 is 1.12 bits per heavy atom. The van der Waals surface area contributed by atoms with E-state index in [1.165, 1.54) is 10.2 Å². The lowest BCUT2D eigenvalue weighted by atomic mass is 10.1. The number of halogens is 3. The van der Waals surface area contributed by atoms with Gasteiger partial charge in [-0.1, -0.05) is 47.3 Å². The minimum atomic E-state index is -4.26. The molecule has 2 aliphatic carbocycles. The molecule has 2 fully saturated rings. The topological polar surface area (TPSA) is 109 Å². The van der Waals surface area contributed by atoms with Gasteiger partial charge in [-0.15, -0.1) is 5.10 Å². The fourth-order valence-corrected chi connectivity index (χ4v) is 5.08. The number of hydrogen-bond donors (Lipinski definition) is 3. The number of nitrogens with zero attached hydrogens (tertiary/aromatic N) is 5. The summed E-state index contributed by atoms with van der Waals surface area (Å²) in [7, 11) is 0. The molecule has 5 atom stereocenters. The molecule has 0 amide bonds. The zero-order valence-corrected chi connectivity index (χ0v) is 18.3. The molecular formula is C21H23F3N6O2S. The van der Waals surface area contributed by atoms with E-state index in [1.54, 1.807) is 0 Å². The number of thioether (sulfide) groups is 1. The van der Waals surface area contributed by atoms with E-state index in [9.17, 15) is 23.4 Å². The highest BCUT2D eigenvalue weighted by atomic mass is 32.2. The lowest BCUT2D eigenvalue weighted by molar-refractivity contribution is -0.129. The number of aliphatic hydroxyl groups is 2. The summed E-state index contributed by atoms with van der Waals surface area (Å²) in [6.45, 7) is 0. The normalized spacial score (nSPS) is 27.2. The van der Waals surface area contributed by atoms with Gasteiger partial charge in [0.1, 0.15) is 6.10 Å². The molecule has 3 N–H and O–H groups in total. The maximum atomic E-state index is 12.6. The number of fused-ring (bicyclic) bond motifs is 1. The van der Waals surface area contributed by atoms with E-state index in [4.69, 9.17) is 0 Å². The van der Waals surface area contributed by atoms with E-state index >= 15 is 0 Å². The first-order chi connectivity index (χ1) is 15.8. The molecule has 2 saturated carbocycles. The van der Waals surface area contributed by atoms with Gasteiger partial charge in [0.25, 0.3) is 0 Å². The number of benzene rings is 1. The summed E-state index contributed by atoms with van der Waals surface area (Å²) < 4.78 is 39.4. The molecule has 33 heavy (non-hydrogen) atoms. The van der Waals surface area contributed by atoms with E-state index in [-0.39, 0.29) is 17.0 Å². The molecule has 2 aliphatic rings. The molecule has 2 aromatic heterocycles. The first kappa shape index (κ1) is 22.4. The Bertz CT molecular complexity index is 1130. The molecule has 2 heterocycles. The number of aliphatic hydroxyl groups excluding tert-OH is 2. The summed E-state index contributed by atoms with van der Waals surface area (Å²) in [6.07, 6.45) is -5.30. The molecule has 2 unspecified atom stereocenters. The Hall–Kier alpha value is -2.44. The van der Waals surface area contributed by atoms with Gasteiger partial charge < -0.3 is 15.5 Å². The molecule has 12 heteroatoms. The van der Waals surface area contributed by atoms with Crippen LogP contribution in [0, 0.1) is 0 Å². The Morgan fingerprint density at radius 3 is 2.61 bits per heavy atom. The van der Waals surface area contributed by atoms with Gasteiger partial charge in [-0.2, -0.15) is 13.2 Å². The minimum Gasteiger partial charge on any atom is -0.390 e. The molecule has 8 nitrogen and oxygen atoms in total. The van der Waals surface area contributed by atoms with Gasteiger partial charge in [0.05, 0.1) is 18.6 Å². The summed E-state index contributed by atoms with van der Waals surface area (Å²) in [5.74, 6) is 0.508. The fourth-order valence-electron chi connectivity index (χ4n) is 4.26. The van der Waals surface area contributed by atoms with Crippen LogP contribution < -0.4 is 5.32 Å². The smallest absolute Gasteiger partial charge is 0.389 e. The SMILES string of the molecule is O[C@@H]1[C@H](O)CC[C@H]1n1nnc2c(NC3CC3c3ccccc3)nc(SCCC(F)(F)F)nc21. The van der Waals surface area contributed by atoms with Crippen molar-refractivity contribution < 1.29 is 23.4 Å². The maximum Gasteiger partial charge on any atom is 0.389 e. The summed E-state index contributed by atoms with van der Waals surface area (Å²) >= 11 is 0.914. The van der Waals surface area contributed by atoms with E-state index in [0.29, 0.717) is 35.7 Å². The molecule has 1 aromatic carbocycles.